The number of hydrogen-bond donors (Lipinski definition) is 0. The van der Waals surface area contributed by atoms with Crippen LogP contribution in [0.4, 0.5) is 0 Å². The van der Waals surface area contributed by atoms with Crippen LogP contribution in [-0.4, -0.2) is 12.6 Å². The third-order valence-corrected chi connectivity index (χ3v) is 1.80. The fraction of sp³-hybridized carbons (Fsp3) is 0.462. The molecule has 84 valence electrons. The van der Waals surface area contributed by atoms with E-state index in [9.17, 15) is 4.79 Å². The van der Waals surface area contributed by atoms with Gasteiger partial charge in [0.2, 0.25) is 0 Å². The monoisotopic (exact) mass is 208 g/mol. The minimum atomic E-state index is -0.246. The number of rotatable bonds is 8. The Morgan fingerprint density at radius 1 is 1.27 bits per heavy atom. The molecule has 0 N–H and O–H groups in total. The number of hydrogen-bond acceptors (Lipinski definition) is 2. The van der Waals surface area contributed by atoms with E-state index in [0.29, 0.717) is 6.61 Å². The van der Waals surface area contributed by atoms with Crippen molar-refractivity contribution in [1.82, 2.24) is 0 Å². The average Bonchev–Trinajstić information content (AvgIpc) is 2.22. The smallest absolute Gasteiger partial charge is 0.330 e. The van der Waals surface area contributed by atoms with Gasteiger partial charge in [-0.25, -0.2) is 4.79 Å². The maximum absolute atomic E-state index is 10.9. The van der Waals surface area contributed by atoms with Crippen molar-refractivity contribution in [3.63, 3.8) is 0 Å². The van der Waals surface area contributed by atoms with E-state index in [0.717, 1.165) is 25.7 Å². The van der Waals surface area contributed by atoms with E-state index in [1.165, 1.54) is 6.08 Å². The van der Waals surface area contributed by atoms with Gasteiger partial charge in [-0.15, -0.1) is 0 Å². The zero-order valence-corrected chi connectivity index (χ0v) is 9.45. The summed E-state index contributed by atoms with van der Waals surface area (Å²) in [5.41, 5.74) is 0. The summed E-state index contributed by atoms with van der Waals surface area (Å²) in [6.45, 7) is 5.84. The Bertz CT molecular complexity index is 227. The minimum Gasteiger partial charge on any atom is -0.463 e. The van der Waals surface area contributed by atoms with Crippen LogP contribution in [0.15, 0.2) is 37.0 Å². The fourth-order valence-electron chi connectivity index (χ4n) is 1.09. The van der Waals surface area contributed by atoms with Gasteiger partial charge in [0.1, 0.15) is 0 Å². The number of carbonyl (C=O) groups is 1. The lowest BCUT2D eigenvalue weighted by atomic mass is 10.2. The highest BCUT2D eigenvalue weighted by Gasteiger charge is 1.91. The summed E-state index contributed by atoms with van der Waals surface area (Å²) in [6.07, 6.45) is 13.4. The summed E-state index contributed by atoms with van der Waals surface area (Å²) >= 11 is 0. The van der Waals surface area contributed by atoms with E-state index < -0.39 is 0 Å². The second kappa shape index (κ2) is 10.8. The Morgan fingerprint density at radius 2 is 1.93 bits per heavy atom. The van der Waals surface area contributed by atoms with Crippen molar-refractivity contribution in [2.45, 2.75) is 32.6 Å². The first kappa shape index (κ1) is 13.7. The molecule has 0 aromatic rings. The summed E-state index contributed by atoms with van der Waals surface area (Å²) in [5, 5.41) is 0. The zero-order chi connectivity index (χ0) is 11.4. The second-order valence-electron chi connectivity index (χ2n) is 3.10. The molecule has 0 aromatic heterocycles. The van der Waals surface area contributed by atoms with E-state index in [2.05, 4.69) is 12.7 Å². The number of allylic oxidation sites excluding steroid dienone is 4. The van der Waals surface area contributed by atoms with Crippen molar-refractivity contribution in [3.05, 3.63) is 37.0 Å². The molecule has 0 aromatic carbocycles. The van der Waals surface area contributed by atoms with E-state index in [-0.39, 0.29) is 5.97 Å². The molecule has 0 fully saturated rings. The molecule has 0 unspecified atom stereocenters. The largest absolute Gasteiger partial charge is 0.463 e. The normalized spacial score (nSPS) is 11.0. The van der Waals surface area contributed by atoms with Gasteiger partial charge in [-0.05, 0) is 32.6 Å². The molecule has 0 saturated heterocycles. The van der Waals surface area contributed by atoms with Crippen LogP contribution in [0.3, 0.4) is 0 Å². The second-order valence-corrected chi connectivity index (χ2v) is 3.10. The van der Waals surface area contributed by atoms with Crippen LogP contribution in [0.5, 0.6) is 0 Å². The van der Waals surface area contributed by atoms with E-state index >= 15 is 0 Å². The standard InChI is InChI=1S/C13H20O2/c1-3-5-6-7-8-9-10-11-12-13(14)15-4-2/h3,5-6,11-12H,1,4,7-10H2,2H3/b6-5+,12-11-. The molecule has 0 spiro atoms. The van der Waals surface area contributed by atoms with Crippen LogP contribution in [0.2, 0.25) is 0 Å². The Morgan fingerprint density at radius 3 is 2.53 bits per heavy atom. The summed E-state index contributed by atoms with van der Waals surface area (Å²) in [4.78, 5) is 10.9. The first-order chi connectivity index (χ1) is 7.31. The zero-order valence-electron chi connectivity index (χ0n) is 9.45. The van der Waals surface area contributed by atoms with Gasteiger partial charge in [0.05, 0.1) is 6.61 Å². The molecule has 0 saturated carbocycles. The van der Waals surface area contributed by atoms with Crippen molar-refractivity contribution in [1.29, 1.82) is 0 Å². The highest BCUT2D eigenvalue weighted by molar-refractivity contribution is 5.81. The van der Waals surface area contributed by atoms with Crippen molar-refractivity contribution in [2.75, 3.05) is 6.61 Å². The van der Waals surface area contributed by atoms with Crippen LogP contribution < -0.4 is 0 Å². The molecular weight excluding hydrogens is 188 g/mol. The van der Waals surface area contributed by atoms with E-state index in [1.54, 1.807) is 13.0 Å². The summed E-state index contributed by atoms with van der Waals surface area (Å²) in [6, 6.07) is 0. The molecular formula is C13H20O2. The first-order valence-electron chi connectivity index (χ1n) is 5.42. The molecule has 0 amide bonds. The van der Waals surface area contributed by atoms with Gasteiger partial charge in [-0.3, -0.25) is 0 Å². The van der Waals surface area contributed by atoms with Crippen LogP contribution in [0.25, 0.3) is 0 Å². The van der Waals surface area contributed by atoms with Crippen molar-refractivity contribution < 1.29 is 9.53 Å². The predicted molar refractivity (Wildman–Crippen MR) is 63.6 cm³/mol. The van der Waals surface area contributed by atoms with Gasteiger partial charge in [0, 0.05) is 6.08 Å². The molecule has 0 heterocycles. The first-order valence-corrected chi connectivity index (χ1v) is 5.42. The molecule has 2 heteroatoms. The average molecular weight is 208 g/mol. The van der Waals surface area contributed by atoms with E-state index in [1.807, 2.05) is 12.2 Å². The quantitative estimate of drug-likeness (QED) is 0.264. The molecule has 0 aliphatic rings. The molecule has 2 nitrogen and oxygen atoms in total. The third-order valence-electron chi connectivity index (χ3n) is 1.80. The Kier molecular flexibility index (Phi) is 9.83. The van der Waals surface area contributed by atoms with Crippen LogP contribution in [0, 0.1) is 0 Å². The summed E-state index contributed by atoms with van der Waals surface area (Å²) in [7, 11) is 0. The number of unbranched alkanes of at least 4 members (excludes halogenated alkanes) is 3. The molecule has 0 atom stereocenters. The van der Waals surface area contributed by atoms with Crippen LogP contribution in [-0.2, 0) is 9.53 Å². The Hall–Kier alpha value is -1.31. The highest BCUT2D eigenvalue weighted by Crippen LogP contribution is 2.01. The third kappa shape index (κ3) is 10.6. The Labute approximate surface area is 92.3 Å². The minimum absolute atomic E-state index is 0.246. The Balaban J connectivity index is 3.33. The lowest BCUT2D eigenvalue weighted by Crippen LogP contribution is -1.98. The lowest BCUT2D eigenvalue weighted by Gasteiger charge is -1.95. The molecule has 0 radical (unpaired) electrons. The van der Waals surface area contributed by atoms with Crippen molar-refractivity contribution in [3.8, 4) is 0 Å². The predicted octanol–water partition coefficient (Wildman–Crippen LogP) is 3.41. The molecule has 0 rings (SSSR count). The van der Waals surface area contributed by atoms with E-state index in [4.69, 9.17) is 4.74 Å². The maximum atomic E-state index is 10.9. The summed E-state index contributed by atoms with van der Waals surface area (Å²) < 4.78 is 4.75. The van der Waals surface area contributed by atoms with Gasteiger partial charge in [0.15, 0.2) is 0 Å². The van der Waals surface area contributed by atoms with Gasteiger partial charge < -0.3 is 4.74 Å². The van der Waals surface area contributed by atoms with Gasteiger partial charge in [0.25, 0.3) is 0 Å². The number of carbonyl (C=O) groups excluding carboxylic acids is 1. The molecule has 15 heavy (non-hydrogen) atoms. The topological polar surface area (TPSA) is 26.3 Å². The van der Waals surface area contributed by atoms with Crippen LogP contribution >= 0.6 is 0 Å². The fourth-order valence-corrected chi connectivity index (χ4v) is 1.09. The number of esters is 1. The maximum Gasteiger partial charge on any atom is 0.330 e. The van der Waals surface area contributed by atoms with Crippen LogP contribution in [0.1, 0.15) is 32.6 Å². The van der Waals surface area contributed by atoms with Crippen molar-refractivity contribution in [2.24, 2.45) is 0 Å². The number of ether oxygens (including phenoxy) is 1. The highest BCUT2D eigenvalue weighted by atomic mass is 16.5. The molecule has 0 bridgehead atoms. The van der Waals surface area contributed by atoms with Crippen molar-refractivity contribution >= 4 is 5.97 Å². The van der Waals surface area contributed by atoms with Gasteiger partial charge >= 0.3 is 5.97 Å². The molecule has 0 aliphatic carbocycles. The molecule has 0 aliphatic heterocycles. The van der Waals surface area contributed by atoms with Gasteiger partial charge in [-0.2, -0.15) is 0 Å². The van der Waals surface area contributed by atoms with Gasteiger partial charge in [-0.1, -0.05) is 30.9 Å². The lowest BCUT2D eigenvalue weighted by molar-refractivity contribution is -0.137. The SMILES string of the molecule is C=C/C=C/CCCC/C=C\C(=O)OCC. The summed E-state index contributed by atoms with van der Waals surface area (Å²) in [5.74, 6) is -0.246.